The third kappa shape index (κ3) is 3.15. The number of morpholine rings is 1. The van der Waals surface area contributed by atoms with Gasteiger partial charge in [-0.2, -0.15) is 0 Å². The summed E-state index contributed by atoms with van der Waals surface area (Å²) < 4.78 is 5.20. The molecule has 0 aromatic heterocycles. The smallest absolute Gasteiger partial charge is 0.241 e. The first kappa shape index (κ1) is 12.4. The van der Waals surface area contributed by atoms with Crippen LogP contribution in [0.5, 0.6) is 0 Å². The van der Waals surface area contributed by atoms with Gasteiger partial charge in [0.2, 0.25) is 5.91 Å². The highest BCUT2D eigenvalue weighted by molar-refractivity contribution is 5.81. The first-order chi connectivity index (χ1) is 7.12. The van der Waals surface area contributed by atoms with Gasteiger partial charge in [-0.3, -0.25) is 10.2 Å². The van der Waals surface area contributed by atoms with E-state index < -0.39 is 5.41 Å². The second-order valence-electron chi connectivity index (χ2n) is 4.16. The van der Waals surface area contributed by atoms with Crippen molar-refractivity contribution < 1.29 is 9.53 Å². The number of hydrogen-bond donors (Lipinski definition) is 2. The molecule has 1 aliphatic rings. The quantitative estimate of drug-likeness (QED) is 0.677. The lowest BCUT2D eigenvalue weighted by atomic mass is 9.87. The molecule has 1 rings (SSSR count). The molecule has 0 saturated carbocycles. The molecule has 3 N–H and O–H groups in total. The van der Waals surface area contributed by atoms with E-state index in [4.69, 9.17) is 10.5 Å². The van der Waals surface area contributed by atoms with Gasteiger partial charge in [-0.05, 0) is 13.3 Å². The highest BCUT2D eigenvalue weighted by atomic mass is 16.5. The average Bonchev–Trinajstić information content (AvgIpc) is 2.29. The van der Waals surface area contributed by atoms with Gasteiger partial charge >= 0.3 is 0 Å². The zero-order valence-electron chi connectivity index (χ0n) is 9.58. The van der Waals surface area contributed by atoms with Gasteiger partial charge in [0.15, 0.2) is 0 Å². The lowest BCUT2D eigenvalue weighted by Gasteiger charge is -2.32. The normalized spacial score (nSPS) is 22.1. The monoisotopic (exact) mass is 215 g/mol. The van der Waals surface area contributed by atoms with E-state index in [1.54, 1.807) is 0 Å². The molecule has 0 aliphatic carbocycles. The van der Waals surface area contributed by atoms with Crippen LogP contribution >= 0.6 is 0 Å². The third-order valence-electron chi connectivity index (χ3n) is 3.05. The van der Waals surface area contributed by atoms with Crippen molar-refractivity contribution in [1.29, 1.82) is 0 Å². The molecule has 1 aliphatic heterocycles. The molecule has 15 heavy (non-hydrogen) atoms. The average molecular weight is 215 g/mol. The molecule has 0 radical (unpaired) electrons. The van der Waals surface area contributed by atoms with Crippen LogP contribution in [0.25, 0.3) is 0 Å². The fourth-order valence-electron chi connectivity index (χ4n) is 1.35. The van der Waals surface area contributed by atoms with Crippen molar-refractivity contribution in [3.8, 4) is 0 Å². The fraction of sp³-hybridized carbons (Fsp3) is 0.900. The van der Waals surface area contributed by atoms with E-state index in [1.807, 2.05) is 18.9 Å². The number of amides is 1. The number of nitrogens with one attached hydrogen (secondary N) is 1. The minimum atomic E-state index is -0.460. The molecule has 1 heterocycles. The maximum Gasteiger partial charge on any atom is 0.241 e. The van der Waals surface area contributed by atoms with Crippen LogP contribution in [0.2, 0.25) is 0 Å². The Kier molecular flexibility index (Phi) is 4.50. The molecule has 0 spiro atoms. The molecule has 5 heteroatoms. The number of hydrogen-bond acceptors (Lipinski definition) is 4. The van der Waals surface area contributed by atoms with E-state index in [0.717, 1.165) is 19.5 Å². The van der Waals surface area contributed by atoms with Crippen LogP contribution in [0.1, 0.15) is 20.3 Å². The predicted molar refractivity (Wildman–Crippen MR) is 58.0 cm³/mol. The summed E-state index contributed by atoms with van der Waals surface area (Å²) in [5, 5.41) is 1.90. The second-order valence-corrected chi connectivity index (χ2v) is 4.16. The van der Waals surface area contributed by atoms with Crippen molar-refractivity contribution in [2.24, 2.45) is 11.1 Å². The van der Waals surface area contributed by atoms with Gasteiger partial charge in [-0.15, -0.1) is 0 Å². The number of hydrazine groups is 1. The molecule has 0 aromatic rings. The van der Waals surface area contributed by atoms with Crippen LogP contribution in [0, 0.1) is 5.41 Å². The number of nitrogens with zero attached hydrogens (tertiary/aromatic N) is 1. The van der Waals surface area contributed by atoms with E-state index in [1.165, 1.54) is 0 Å². The van der Waals surface area contributed by atoms with E-state index in [2.05, 4.69) is 5.43 Å². The van der Waals surface area contributed by atoms with E-state index >= 15 is 0 Å². The van der Waals surface area contributed by atoms with Gasteiger partial charge in [0.1, 0.15) is 0 Å². The van der Waals surface area contributed by atoms with Gasteiger partial charge in [0, 0.05) is 19.6 Å². The van der Waals surface area contributed by atoms with Crippen molar-refractivity contribution in [2.75, 3.05) is 32.8 Å². The lowest BCUT2D eigenvalue weighted by molar-refractivity contribution is -0.137. The Balaban J connectivity index is 2.45. The van der Waals surface area contributed by atoms with Crippen molar-refractivity contribution in [3.05, 3.63) is 0 Å². The van der Waals surface area contributed by atoms with Gasteiger partial charge in [0.25, 0.3) is 0 Å². The van der Waals surface area contributed by atoms with Crippen LogP contribution in [0.4, 0.5) is 0 Å². The van der Waals surface area contributed by atoms with E-state index in [9.17, 15) is 4.79 Å². The lowest BCUT2D eigenvalue weighted by Crippen LogP contribution is -2.54. The molecular formula is C10H21N3O2. The highest BCUT2D eigenvalue weighted by Gasteiger charge is 2.31. The van der Waals surface area contributed by atoms with Gasteiger partial charge in [0.05, 0.1) is 18.6 Å². The number of rotatable bonds is 4. The first-order valence-corrected chi connectivity index (χ1v) is 5.46. The Labute approximate surface area is 90.9 Å². The third-order valence-corrected chi connectivity index (χ3v) is 3.05. The molecule has 1 unspecified atom stereocenters. The molecule has 5 nitrogen and oxygen atoms in total. The van der Waals surface area contributed by atoms with Crippen molar-refractivity contribution in [1.82, 2.24) is 10.4 Å². The molecule has 1 amide bonds. The number of carbonyl (C=O) groups excluding carboxylic acids is 1. The molecular weight excluding hydrogens is 194 g/mol. The second kappa shape index (κ2) is 5.44. The number of nitrogens with two attached hydrogens (primary N) is 1. The SMILES string of the molecule is CCC(C)(CN)C(=O)NN1CCOCC1. The number of carbonyl (C=O) groups is 1. The highest BCUT2D eigenvalue weighted by Crippen LogP contribution is 2.19. The van der Waals surface area contributed by atoms with Crippen molar-refractivity contribution in [3.63, 3.8) is 0 Å². The summed E-state index contributed by atoms with van der Waals surface area (Å²) in [5.41, 5.74) is 8.06. The first-order valence-electron chi connectivity index (χ1n) is 5.46. The van der Waals surface area contributed by atoms with Gasteiger partial charge < -0.3 is 10.5 Å². The zero-order chi connectivity index (χ0) is 11.3. The Morgan fingerprint density at radius 3 is 2.60 bits per heavy atom. The van der Waals surface area contributed by atoms with Crippen molar-refractivity contribution in [2.45, 2.75) is 20.3 Å². The van der Waals surface area contributed by atoms with Gasteiger partial charge in [-0.25, -0.2) is 5.01 Å². The summed E-state index contributed by atoms with van der Waals surface area (Å²) in [7, 11) is 0. The molecule has 1 atom stereocenters. The maximum absolute atomic E-state index is 11.9. The minimum absolute atomic E-state index is 0.00870. The van der Waals surface area contributed by atoms with Gasteiger partial charge in [-0.1, -0.05) is 6.92 Å². The molecule has 1 saturated heterocycles. The topological polar surface area (TPSA) is 67.6 Å². The Bertz CT molecular complexity index is 211. The summed E-state index contributed by atoms with van der Waals surface area (Å²) in [6, 6.07) is 0. The maximum atomic E-state index is 11.9. The van der Waals surface area contributed by atoms with E-state index in [0.29, 0.717) is 19.8 Å². The summed E-state index contributed by atoms with van der Waals surface area (Å²) in [6.45, 7) is 7.08. The summed E-state index contributed by atoms with van der Waals surface area (Å²) in [6.07, 6.45) is 0.750. The molecule has 88 valence electrons. The van der Waals surface area contributed by atoms with Crippen LogP contribution < -0.4 is 11.2 Å². The zero-order valence-corrected chi connectivity index (χ0v) is 9.58. The fourth-order valence-corrected chi connectivity index (χ4v) is 1.35. The summed E-state index contributed by atoms with van der Waals surface area (Å²) in [5.74, 6) is 0.00870. The van der Waals surface area contributed by atoms with Crippen LogP contribution in [-0.4, -0.2) is 43.8 Å². The van der Waals surface area contributed by atoms with Crippen LogP contribution in [0.3, 0.4) is 0 Å². The van der Waals surface area contributed by atoms with Crippen LogP contribution in [0.15, 0.2) is 0 Å². The summed E-state index contributed by atoms with van der Waals surface area (Å²) >= 11 is 0. The largest absolute Gasteiger partial charge is 0.379 e. The molecule has 0 aromatic carbocycles. The summed E-state index contributed by atoms with van der Waals surface area (Å²) in [4.78, 5) is 11.9. The van der Waals surface area contributed by atoms with Crippen LogP contribution in [-0.2, 0) is 9.53 Å². The van der Waals surface area contributed by atoms with Crippen molar-refractivity contribution >= 4 is 5.91 Å². The predicted octanol–water partition coefficient (Wildman–Crippen LogP) is -0.275. The van der Waals surface area contributed by atoms with E-state index in [-0.39, 0.29) is 5.91 Å². The number of ether oxygens (including phenoxy) is 1. The minimum Gasteiger partial charge on any atom is -0.379 e. The Hall–Kier alpha value is -0.650. The molecule has 0 bridgehead atoms. The Morgan fingerprint density at radius 2 is 2.13 bits per heavy atom. The Morgan fingerprint density at radius 1 is 1.53 bits per heavy atom. The molecule has 1 fully saturated rings. The standard InChI is InChI=1S/C10H21N3O2/c1-3-10(2,8-11)9(14)12-13-4-6-15-7-5-13/h3-8,11H2,1-2H3,(H,12,14).